The molecule has 0 saturated carbocycles. The van der Waals surface area contributed by atoms with Gasteiger partial charge in [-0.25, -0.2) is 0 Å². The average molecular weight is 326 g/mol. The van der Waals surface area contributed by atoms with Crippen molar-refractivity contribution < 1.29 is 4.79 Å². The molecule has 0 aliphatic carbocycles. The minimum absolute atomic E-state index is 0.134. The highest BCUT2D eigenvalue weighted by molar-refractivity contribution is 9.10. The van der Waals surface area contributed by atoms with Crippen LogP contribution in [-0.4, -0.2) is 24.5 Å². The van der Waals surface area contributed by atoms with Crippen LogP contribution in [0.4, 0.5) is 5.69 Å². The van der Waals surface area contributed by atoms with Gasteiger partial charge in [0.05, 0.1) is 5.56 Å². The van der Waals surface area contributed by atoms with Crippen molar-refractivity contribution in [2.45, 2.75) is 38.3 Å². The number of piperidine rings is 1. The van der Waals surface area contributed by atoms with Gasteiger partial charge in [0, 0.05) is 28.8 Å². The van der Waals surface area contributed by atoms with E-state index in [-0.39, 0.29) is 6.04 Å². The Balaban J connectivity index is 2.29. The van der Waals surface area contributed by atoms with Crippen molar-refractivity contribution in [2.24, 2.45) is 11.5 Å². The molecule has 5 heteroatoms. The first-order valence-corrected chi connectivity index (χ1v) is 7.41. The normalized spacial score (nSPS) is 21.2. The Hall–Kier alpha value is -1.07. The van der Waals surface area contributed by atoms with E-state index in [2.05, 4.69) is 27.8 Å². The Morgan fingerprint density at radius 3 is 2.79 bits per heavy atom. The summed E-state index contributed by atoms with van der Waals surface area (Å²) in [5, 5.41) is 0. The molecule has 0 bridgehead atoms. The van der Waals surface area contributed by atoms with Crippen molar-refractivity contribution in [3.05, 3.63) is 28.2 Å². The predicted molar refractivity (Wildman–Crippen MR) is 81.3 cm³/mol. The zero-order valence-electron chi connectivity index (χ0n) is 11.1. The van der Waals surface area contributed by atoms with Gasteiger partial charge in [0.1, 0.15) is 0 Å². The van der Waals surface area contributed by atoms with E-state index in [0.29, 0.717) is 11.6 Å². The molecule has 2 rings (SSSR count). The fourth-order valence-electron chi connectivity index (χ4n) is 2.71. The fourth-order valence-corrected chi connectivity index (χ4v) is 3.27. The number of carbonyl (C=O) groups excluding carboxylic acids is 1. The smallest absolute Gasteiger partial charge is 0.249 e. The van der Waals surface area contributed by atoms with Crippen LogP contribution in [0.25, 0.3) is 0 Å². The molecule has 4 N–H and O–H groups in total. The molecule has 0 radical (unpaired) electrons. The van der Waals surface area contributed by atoms with Crippen molar-refractivity contribution in [2.75, 3.05) is 11.4 Å². The summed E-state index contributed by atoms with van der Waals surface area (Å²) >= 11 is 3.41. The van der Waals surface area contributed by atoms with E-state index in [1.165, 1.54) is 12.8 Å². The summed E-state index contributed by atoms with van der Waals surface area (Å²) in [5.74, 6) is -0.416. The van der Waals surface area contributed by atoms with Crippen LogP contribution >= 0.6 is 15.9 Å². The first-order valence-electron chi connectivity index (χ1n) is 6.62. The SMILES string of the molecule is CC(N)C1CCCCN1c1ccc(C(N)=O)c(Br)c1. The van der Waals surface area contributed by atoms with Gasteiger partial charge >= 0.3 is 0 Å². The largest absolute Gasteiger partial charge is 0.367 e. The number of hydrogen-bond acceptors (Lipinski definition) is 3. The van der Waals surface area contributed by atoms with E-state index >= 15 is 0 Å². The second-order valence-corrected chi connectivity index (χ2v) is 6.00. The Labute approximate surface area is 122 Å². The van der Waals surface area contributed by atoms with Crippen LogP contribution in [0.2, 0.25) is 0 Å². The Kier molecular flexibility index (Phi) is 4.47. The number of benzene rings is 1. The minimum atomic E-state index is -0.416. The molecule has 1 heterocycles. The maximum atomic E-state index is 11.2. The number of halogens is 1. The first kappa shape index (κ1) is 14.3. The predicted octanol–water partition coefficient (Wildman–Crippen LogP) is 2.25. The van der Waals surface area contributed by atoms with Crippen molar-refractivity contribution in [1.29, 1.82) is 0 Å². The number of amides is 1. The van der Waals surface area contributed by atoms with E-state index in [9.17, 15) is 4.79 Å². The summed E-state index contributed by atoms with van der Waals surface area (Å²) in [6, 6.07) is 6.18. The second kappa shape index (κ2) is 5.92. The maximum absolute atomic E-state index is 11.2. The summed E-state index contributed by atoms with van der Waals surface area (Å²) in [5.41, 5.74) is 13.0. The number of hydrogen-bond donors (Lipinski definition) is 2. The molecule has 1 fully saturated rings. The highest BCUT2D eigenvalue weighted by Gasteiger charge is 2.26. The molecule has 4 nitrogen and oxygen atoms in total. The minimum Gasteiger partial charge on any atom is -0.367 e. The molecule has 0 spiro atoms. The Bertz CT molecular complexity index is 476. The average Bonchev–Trinajstić information content (AvgIpc) is 2.38. The van der Waals surface area contributed by atoms with E-state index in [1.807, 2.05) is 12.1 Å². The molecule has 104 valence electrons. The number of nitrogens with zero attached hydrogens (tertiary/aromatic N) is 1. The number of rotatable bonds is 3. The van der Waals surface area contributed by atoms with Gasteiger partial charge in [-0.2, -0.15) is 0 Å². The quantitative estimate of drug-likeness (QED) is 0.895. The standard InChI is InChI=1S/C14H20BrN3O/c1-9(16)13-4-2-3-7-18(13)10-5-6-11(14(17)19)12(15)8-10/h5-6,8-9,13H,2-4,7,16H2,1H3,(H2,17,19). The van der Waals surface area contributed by atoms with Gasteiger partial charge in [0.25, 0.3) is 0 Å². The van der Waals surface area contributed by atoms with Crippen LogP contribution in [-0.2, 0) is 0 Å². The van der Waals surface area contributed by atoms with Crippen molar-refractivity contribution in [3.63, 3.8) is 0 Å². The molecule has 1 aromatic rings. The Morgan fingerprint density at radius 1 is 1.47 bits per heavy atom. The summed E-state index contributed by atoms with van der Waals surface area (Å²) < 4.78 is 0.742. The van der Waals surface area contributed by atoms with Gasteiger partial charge in [-0.3, -0.25) is 4.79 Å². The van der Waals surface area contributed by atoms with E-state index < -0.39 is 5.91 Å². The Morgan fingerprint density at radius 2 is 2.21 bits per heavy atom. The molecule has 1 aliphatic rings. The highest BCUT2D eigenvalue weighted by atomic mass is 79.9. The van der Waals surface area contributed by atoms with Crippen molar-refractivity contribution in [3.8, 4) is 0 Å². The van der Waals surface area contributed by atoms with Crippen LogP contribution in [0.1, 0.15) is 36.5 Å². The number of nitrogens with two attached hydrogens (primary N) is 2. The first-order chi connectivity index (χ1) is 9.00. The summed E-state index contributed by atoms with van der Waals surface area (Å²) in [4.78, 5) is 13.6. The van der Waals surface area contributed by atoms with Gasteiger partial charge in [-0.15, -0.1) is 0 Å². The van der Waals surface area contributed by atoms with E-state index in [0.717, 1.165) is 23.1 Å². The summed E-state index contributed by atoms with van der Waals surface area (Å²) in [6.45, 7) is 3.06. The van der Waals surface area contributed by atoms with Crippen LogP contribution in [0.3, 0.4) is 0 Å². The second-order valence-electron chi connectivity index (χ2n) is 5.14. The fraction of sp³-hybridized carbons (Fsp3) is 0.500. The van der Waals surface area contributed by atoms with Crippen LogP contribution < -0.4 is 16.4 Å². The van der Waals surface area contributed by atoms with Gasteiger partial charge in [-0.05, 0) is 60.3 Å². The van der Waals surface area contributed by atoms with Gasteiger partial charge in [0.2, 0.25) is 5.91 Å². The van der Waals surface area contributed by atoms with Crippen LogP contribution in [0.5, 0.6) is 0 Å². The third-order valence-corrected chi connectivity index (χ3v) is 4.36. The molecule has 0 aromatic heterocycles. The lowest BCUT2D eigenvalue weighted by Gasteiger charge is -2.40. The van der Waals surface area contributed by atoms with Gasteiger partial charge < -0.3 is 16.4 Å². The monoisotopic (exact) mass is 325 g/mol. The van der Waals surface area contributed by atoms with Crippen molar-refractivity contribution in [1.82, 2.24) is 0 Å². The van der Waals surface area contributed by atoms with Gasteiger partial charge in [0.15, 0.2) is 0 Å². The van der Waals surface area contributed by atoms with Crippen LogP contribution in [0.15, 0.2) is 22.7 Å². The number of primary amides is 1. The molecule has 1 saturated heterocycles. The molecule has 19 heavy (non-hydrogen) atoms. The maximum Gasteiger partial charge on any atom is 0.249 e. The van der Waals surface area contributed by atoms with E-state index in [4.69, 9.17) is 11.5 Å². The molecule has 2 unspecified atom stereocenters. The van der Waals surface area contributed by atoms with E-state index in [1.54, 1.807) is 6.07 Å². The number of anilines is 1. The topological polar surface area (TPSA) is 72.3 Å². The summed E-state index contributed by atoms with van der Waals surface area (Å²) in [7, 11) is 0. The summed E-state index contributed by atoms with van der Waals surface area (Å²) in [6.07, 6.45) is 3.52. The molecular weight excluding hydrogens is 306 g/mol. The lowest BCUT2D eigenvalue weighted by Crippen LogP contribution is -2.49. The molecule has 1 aromatic carbocycles. The molecular formula is C14H20BrN3O. The zero-order valence-corrected chi connectivity index (χ0v) is 12.7. The third-order valence-electron chi connectivity index (χ3n) is 3.71. The molecule has 1 amide bonds. The lowest BCUT2D eigenvalue weighted by atomic mass is 9.96. The third kappa shape index (κ3) is 3.09. The lowest BCUT2D eigenvalue weighted by molar-refractivity contribution is 0.0999. The molecule has 2 atom stereocenters. The van der Waals surface area contributed by atoms with Crippen molar-refractivity contribution >= 4 is 27.5 Å². The van der Waals surface area contributed by atoms with Gasteiger partial charge in [-0.1, -0.05) is 0 Å². The molecule has 1 aliphatic heterocycles. The zero-order chi connectivity index (χ0) is 14.0. The highest BCUT2D eigenvalue weighted by Crippen LogP contribution is 2.29. The van der Waals surface area contributed by atoms with Crippen LogP contribution in [0, 0.1) is 0 Å². The number of carbonyl (C=O) groups is 1.